The summed E-state index contributed by atoms with van der Waals surface area (Å²) in [4.78, 5) is 26.2. The fourth-order valence-electron chi connectivity index (χ4n) is 3.68. The quantitative estimate of drug-likeness (QED) is 0.591. The molecule has 0 radical (unpaired) electrons. The van der Waals surface area contributed by atoms with Crippen molar-refractivity contribution in [3.63, 3.8) is 0 Å². The van der Waals surface area contributed by atoms with Crippen LogP contribution in [0.3, 0.4) is 0 Å². The summed E-state index contributed by atoms with van der Waals surface area (Å²) in [6.45, 7) is 6.78. The molecule has 1 unspecified atom stereocenters. The fourth-order valence-corrected chi connectivity index (χ4v) is 3.68. The van der Waals surface area contributed by atoms with Crippen molar-refractivity contribution in [3.8, 4) is 0 Å². The van der Waals surface area contributed by atoms with Gasteiger partial charge in [0.25, 0.3) is 5.91 Å². The van der Waals surface area contributed by atoms with E-state index in [2.05, 4.69) is 16.8 Å². The van der Waals surface area contributed by atoms with Gasteiger partial charge >= 0.3 is 0 Å². The van der Waals surface area contributed by atoms with Gasteiger partial charge in [-0.25, -0.2) is 0 Å². The van der Waals surface area contributed by atoms with Gasteiger partial charge in [0.05, 0.1) is 11.6 Å². The molecule has 0 aliphatic heterocycles. The van der Waals surface area contributed by atoms with E-state index >= 15 is 0 Å². The Morgan fingerprint density at radius 2 is 1.71 bits per heavy atom. The molecule has 0 bridgehead atoms. The Labute approximate surface area is 166 Å². The van der Waals surface area contributed by atoms with Crippen LogP contribution in [0.15, 0.2) is 59.4 Å². The standard InChI is InChI=1S/C24H28N2O2/c1-4-5-11-16-26-18(3)22(23(27)20-14-9-10-15-21(20)26)24(28)25-17(2)19-12-7-6-8-13-19/h6-10,12-15,17H,4-5,11,16H2,1-3H3,(H,25,28). The SMILES string of the molecule is CCCCCn1c(C)c(C(=O)NC(C)c2ccccc2)c(=O)c2ccccc21. The van der Waals surface area contributed by atoms with Crippen molar-refractivity contribution in [2.24, 2.45) is 0 Å². The van der Waals surface area contributed by atoms with Crippen molar-refractivity contribution in [1.82, 2.24) is 9.88 Å². The zero-order chi connectivity index (χ0) is 20.1. The third kappa shape index (κ3) is 4.01. The van der Waals surface area contributed by atoms with E-state index in [0.29, 0.717) is 5.39 Å². The van der Waals surface area contributed by atoms with Crippen LogP contribution in [0.25, 0.3) is 10.9 Å². The van der Waals surface area contributed by atoms with Gasteiger partial charge in [0.15, 0.2) is 0 Å². The Balaban J connectivity index is 2.02. The number of carbonyl (C=O) groups is 1. The lowest BCUT2D eigenvalue weighted by Gasteiger charge is -2.20. The van der Waals surface area contributed by atoms with Crippen molar-refractivity contribution in [3.05, 3.63) is 81.6 Å². The lowest BCUT2D eigenvalue weighted by Crippen LogP contribution is -2.33. The molecule has 28 heavy (non-hydrogen) atoms. The number of pyridine rings is 1. The summed E-state index contributed by atoms with van der Waals surface area (Å²) in [7, 11) is 0. The van der Waals surface area contributed by atoms with Crippen molar-refractivity contribution >= 4 is 16.8 Å². The van der Waals surface area contributed by atoms with Gasteiger partial charge in [-0.3, -0.25) is 9.59 Å². The molecule has 1 amide bonds. The number of unbranched alkanes of at least 4 members (excludes halogenated alkanes) is 2. The van der Waals surface area contributed by atoms with Gasteiger partial charge < -0.3 is 9.88 Å². The van der Waals surface area contributed by atoms with Crippen molar-refractivity contribution in [2.45, 2.75) is 52.6 Å². The van der Waals surface area contributed by atoms with E-state index in [0.717, 1.165) is 42.6 Å². The van der Waals surface area contributed by atoms with Crippen LogP contribution >= 0.6 is 0 Å². The van der Waals surface area contributed by atoms with Gasteiger partial charge in [-0.05, 0) is 38.0 Å². The van der Waals surface area contributed by atoms with Crippen LogP contribution in [0, 0.1) is 6.92 Å². The first-order valence-corrected chi connectivity index (χ1v) is 10.0. The molecular weight excluding hydrogens is 348 g/mol. The average Bonchev–Trinajstić information content (AvgIpc) is 2.71. The van der Waals surface area contributed by atoms with Gasteiger partial charge in [-0.2, -0.15) is 0 Å². The van der Waals surface area contributed by atoms with Gasteiger partial charge in [-0.15, -0.1) is 0 Å². The Morgan fingerprint density at radius 1 is 1.04 bits per heavy atom. The van der Waals surface area contributed by atoms with E-state index in [4.69, 9.17) is 0 Å². The number of carbonyl (C=O) groups excluding carboxylic acids is 1. The number of amides is 1. The highest BCUT2D eigenvalue weighted by atomic mass is 16.2. The fraction of sp³-hybridized carbons (Fsp3) is 0.333. The Kier molecular flexibility index (Phi) is 6.30. The number of hydrogen-bond donors (Lipinski definition) is 1. The summed E-state index contributed by atoms with van der Waals surface area (Å²) >= 11 is 0. The van der Waals surface area contributed by atoms with E-state index in [1.54, 1.807) is 0 Å². The first-order valence-electron chi connectivity index (χ1n) is 10.0. The van der Waals surface area contributed by atoms with E-state index in [1.165, 1.54) is 0 Å². The van der Waals surface area contributed by atoms with Gasteiger partial charge in [0, 0.05) is 17.6 Å². The Bertz CT molecular complexity index is 1020. The van der Waals surface area contributed by atoms with Crippen LogP contribution in [0.5, 0.6) is 0 Å². The molecule has 1 heterocycles. The van der Waals surface area contributed by atoms with E-state index in [1.807, 2.05) is 68.4 Å². The highest BCUT2D eigenvalue weighted by Gasteiger charge is 2.21. The maximum atomic E-state index is 13.1. The average molecular weight is 377 g/mol. The highest BCUT2D eigenvalue weighted by Crippen LogP contribution is 2.19. The number of nitrogens with zero attached hydrogens (tertiary/aromatic N) is 1. The number of benzene rings is 2. The normalized spacial score (nSPS) is 12.1. The van der Waals surface area contributed by atoms with Crippen LogP contribution in [-0.2, 0) is 6.54 Å². The lowest BCUT2D eigenvalue weighted by molar-refractivity contribution is 0.0937. The molecule has 4 heteroatoms. The van der Waals surface area contributed by atoms with Crippen LogP contribution in [0.4, 0.5) is 0 Å². The molecule has 3 aromatic rings. The number of fused-ring (bicyclic) bond motifs is 1. The molecule has 1 aromatic heterocycles. The smallest absolute Gasteiger partial charge is 0.257 e. The number of para-hydroxylation sites is 1. The molecule has 4 nitrogen and oxygen atoms in total. The molecular formula is C24H28N2O2. The summed E-state index contributed by atoms with van der Waals surface area (Å²) in [5, 5.41) is 3.60. The zero-order valence-electron chi connectivity index (χ0n) is 16.9. The van der Waals surface area contributed by atoms with Crippen molar-refractivity contribution < 1.29 is 4.79 Å². The maximum absolute atomic E-state index is 13.1. The second-order valence-electron chi connectivity index (χ2n) is 7.27. The monoisotopic (exact) mass is 376 g/mol. The van der Waals surface area contributed by atoms with Gasteiger partial charge in [-0.1, -0.05) is 62.2 Å². The number of nitrogens with one attached hydrogen (secondary N) is 1. The van der Waals surface area contributed by atoms with Crippen LogP contribution < -0.4 is 10.7 Å². The molecule has 3 rings (SSSR count). The maximum Gasteiger partial charge on any atom is 0.257 e. The summed E-state index contributed by atoms with van der Waals surface area (Å²) < 4.78 is 2.12. The van der Waals surface area contributed by atoms with Gasteiger partial charge in [0.1, 0.15) is 5.56 Å². The number of aromatic nitrogens is 1. The summed E-state index contributed by atoms with van der Waals surface area (Å²) in [5.41, 5.74) is 2.69. The van der Waals surface area contributed by atoms with Crippen molar-refractivity contribution in [1.29, 1.82) is 0 Å². The summed E-state index contributed by atoms with van der Waals surface area (Å²) in [6.07, 6.45) is 3.26. The third-order valence-electron chi connectivity index (χ3n) is 5.29. The number of rotatable bonds is 7. The van der Waals surface area contributed by atoms with Crippen LogP contribution in [-0.4, -0.2) is 10.5 Å². The van der Waals surface area contributed by atoms with E-state index < -0.39 is 0 Å². The van der Waals surface area contributed by atoms with E-state index in [-0.39, 0.29) is 22.9 Å². The Morgan fingerprint density at radius 3 is 2.43 bits per heavy atom. The van der Waals surface area contributed by atoms with Crippen LogP contribution in [0.2, 0.25) is 0 Å². The lowest BCUT2D eigenvalue weighted by atomic mass is 10.0. The summed E-state index contributed by atoms with van der Waals surface area (Å²) in [6, 6.07) is 17.2. The van der Waals surface area contributed by atoms with Crippen LogP contribution in [0.1, 0.15) is 60.8 Å². The predicted molar refractivity (Wildman–Crippen MR) is 115 cm³/mol. The molecule has 0 aliphatic carbocycles. The topological polar surface area (TPSA) is 51.1 Å². The third-order valence-corrected chi connectivity index (χ3v) is 5.29. The molecule has 0 spiro atoms. The minimum atomic E-state index is -0.311. The first kappa shape index (κ1) is 19.9. The molecule has 2 aromatic carbocycles. The number of aryl methyl sites for hydroxylation is 1. The minimum Gasteiger partial charge on any atom is -0.345 e. The predicted octanol–water partition coefficient (Wildman–Crippen LogP) is 4.99. The van der Waals surface area contributed by atoms with Crippen molar-refractivity contribution in [2.75, 3.05) is 0 Å². The molecule has 0 saturated heterocycles. The zero-order valence-corrected chi connectivity index (χ0v) is 16.9. The highest BCUT2D eigenvalue weighted by molar-refractivity contribution is 5.98. The van der Waals surface area contributed by atoms with E-state index in [9.17, 15) is 9.59 Å². The largest absolute Gasteiger partial charge is 0.345 e. The second kappa shape index (κ2) is 8.87. The summed E-state index contributed by atoms with van der Waals surface area (Å²) in [5.74, 6) is -0.311. The molecule has 1 atom stereocenters. The molecule has 146 valence electrons. The second-order valence-corrected chi connectivity index (χ2v) is 7.27. The number of hydrogen-bond acceptors (Lipinski definition) is 2. The minimum absolute atomic E-state index is 0.174. The first-order chi connectivity index (χ1) is 13.5. The molecule has 0 fully saturated rings. The molecule has 0 saturated carbocycles. The molecule has 0 aliphatic rings. The Hall–Kier alpha value is -2.88. The molecule has 1 N–H and O–H groups in total. The van der Waals surface area contributed by atoms with Gasteiger partial charge in [0.2, 0.25) is 5.43 Å².